The van der Waals surface area contributed by atoms with Crippen molar-refractivity contribution in [2.45, 2.75) is 0 Å². The highest BCUT2D eigenvalue weighted by atomic mass is 19.1. The van der Waals surface area contributed by atoms with Crippen LogP contribution in [-0.2, 0) is 0 Å². The first-order valence-electron chi connectivity index (χ1n) is 4.88. The van der Waals surface area contributed by atoms with E-state index >= 15 is 0 Å². The standard InChI is InChI=1S/C14H7FN2/c1-2-12-11(8-16)9-17-14(15)13(12)10-6-4-3-5-7-10/h1,3-7,9H. The van der Waals surface area contributed by atoms with E-state index in [0.717, 1.165) is 6.20 Å². The summed E-state index contributed by atoms with van der Waals surface area (Å²) in [6.45, 7) is 0. The average Bonchev–Trinajstić information content (AvgIpc) is 2.39. The Hall–Kier alpha value is -2.65. The maximum absolute atomic E-state index is 13.7. The molecular formula is C14H7FN2. The molecule has 2 aromatic rings. The van der Waals surface area contributed by atoms with Gasteiger partial charge in [-0.1, -0.05) is 36.3 Å². The lowest BCUT2D eigenvalue weighted by atomic mass is 9.99. The van der Waals surface area contributed by atoms with Crippen LogP contribution in [0.5, 0.6) is 0 Å². The number of halogens is 1. The maximum Gasteiger partial charge on any atom is 0.222 e. The molecule has 1 heterocycles. The lowest BCUT2D eigenvalue weighted by Crippen LogP contribution is -1.97. The highest BCUT2D eigenvalue weighted by Crippen LogP contribution is 2.26. The van der Waals surface area contributed by atoms with E-state index in [0.29, 0.717) is 5.56 Å². The van der Waals surface area contributed by atoms with Crippen LogP contribution in [0.1, 0.15) is 11.1 Å². The van der Waals surface area contributed by atoms with Crippen molar-refractivity contribution in [1.29, 1.82) is 5.26 Å². The van der Waals surface area contributed by atoms with Crippen molar-refractivity contribution in [1.82, 2.24) is 4.98 Å². The van der Waals surface area contributed by atoms with Crippen molar-refractivity contribution in [3.63, 3.8) is 0 Å². The summed E-state index contributed by atoms with van der Waals surface area (Å²) in [4.78, 5) is 3.55. The van der Waals surface area contributed by atoms with Crippen LogP contribution in [0.4, 0.5) is 4.39 Å². The van der Waals surface area contributed by atoms with Gasteiger partial charge in [0.15, 0.2) is 0 Å². The molecule has 0 atom stereocenters. The molecule has 0 unspecified atom stereocenters. The Labute approximate surface area is 98.4 Å². The molecule has 0 spiro atoms. The zero-order chi connectivity index (χ0) is 12.3. The van der Waals surface area contributed by atoms with Gasteiger partial charge in [0.25, 0.3) is 0 Å². The van der Waals surface area contributed by atoms with Crippen molar-refractivity contribution in [2.75, 3.05) is 0 Å². The summed E-state index contributed by atoms with van der Waals surface area (Å²) in [7, 11) is 0. The Morgan fingerprint density at radius 2 is 1.94 bits per heavy atom. The van der Waals surface area contributed by atoms with E-state index in [9.17, 15) is 4.39 Å². The van der Waals surface area contributed by atoms with Gasteiger partial charge in [-0.05, 0) is 5.56 Å². The minimum absolute atomic E-state index is 0.201. The Bertz CT molecular complexity index is 634. The maximum atomic E-state index is 13.7. The van der Waals surface area contributed by atoms with Crippen molar-refractivity contribution >= 4 is 0 Å². The van der Waals surface area contributed by atoms with E-state index in [1.807, 2.05) is 12.1 Å². The molecule has 0 aliphatic heterocycles. The average molecular weight is 222 g/mol. The van der Waals surface area contributed by atoms with Crippen LogP contribution in [-0.4, -0.2) is 4.98 Å². The van der Waals surface area contributed by atoms with Crippen LogP contribution in [0.2, 0.25) is 0 Å². The Kier molecular flexibility index (Phi) is 2.85. The van der Waals surface area contributed by atoms with Crippen LogP contribution in [0.25, 0.3) is 11.1 Å². The van der Waals surface area contributed by atoms with Crippen molar-refractivity contribution < 1.29 is 4.39 Å². The fraction of sp³-hybridized carbons (Fsp3) is 0. The van der Waals surface area contributed by atoms with Gasteiger partial charge in [0.2, 0.25) is 5.95 Å². The van der Waals surface area contributed by atoms with Gasteiger partial charge in [-0.15, -0.1) is 6.42 Å². The minimum Gasteiger partial charge on any atom is -0.226 e. The first-order valence-corrected chi connectivity index (χ1v) is 4.88. The molecule has 0 aliphatic rings. The topological polar surface area (TPSA) is 36.7 Å². The molecule has 0 bridgehead atoms. The number of rotatable bonds is 1. The van der Waals surface area contributed by atoms with Crippen LogP contribution in [0, 0.1) is 29.6 Å². The molecule has 0 aliphatic carbocycles. The second kappa shape index (κ2) is 4.47. The van der Waals surface area contributed by atoms with Crippen molar-refractivity contribution in [3.05, 3.63) is 53.6 Å². The van der Waals surface area contributed by atoms with Gasteiger partial charge in [-0.3, -0.25) is 0 Å². The number of nitrogens with zero attached hydrogens (tertiary/aromatic N) is 2. The summed E-state index contributed by atoms with van der Waals surface area (Å²) in [5.74, 6) is 1.69. The normalized spacial score (nSPS) is 9.35. The van der Waals surface area contributed by atoms with Gasteiger partial charge >= 0.3 is 0 Å². The SMILES string of the molecule is C#Cc1c(C#N)cnc(F)c1-c1ccccc1. The highest BCUT2D eigenvalue weighted by Gasteiger charge is 2.14. The number of hydrogen-bond acceptors (Lipinski definition) is 2. The van der Waals surface area contributed by atoms with E-state index in [1.54, 1.807) is 24.3 Å². The molecule has 0 N–H and O–H groups in total. The zero-order valence-corrected chi connectivity index (χ0v) is 8.81. The summed E-state index contributed by atoms with van der Waals surface area (Å²) in [6.07, 6.45) is 6.49. The molecule has 2 nitrogen and oxygen atoms in total. The third-order valence-corrected chi connectivity index (χ3v) is 2.36. The first kappa shape index (κ1) is 10.9. The lowest BCUT2D eigenvalue weighted by molar-refractivity contribution is 0.587. The number of terminal acetylenes is 1. The van der Waals surface area contributed by atoms with Crippen LogP contribution < -0.4 is 0 Å². The van der Waals surface area contributed by atoms with Crippen molar-refractivity contribution in [2.24, 2.45) is 0 Å². The van der Waals surface area contributed by atoms with E-state index in [-0.39, 0.29) is 16.7 Å². The summed E-state index contributed by atoms with van der Waals surface area (Å²) < 4.78 is 13.7. The second-order valence-electron chi connectivity index (χ2n) is 3.33. The van der Waals surface area contributed by atoms with Gasteiger partial charge in [0.1, 0.15) is 6.07 Å². The highest BCUT2D eigenvalue weighted by molar-refractivity contribution is 5.73. The summed E-state index contributed by atoms with van der Waals surface area (Å²) >= 11 is 0. The second-order valence-corrected chi connectivity index (χ2v) is 3.33. The third-order valence-electron chi connectivity index (χ3n) is 2.36. The monoisotopic (exact) mass is 222 g/mol. The molecule has 0 fully saturated rings. The van der Waals surface area contributed by atoms with Crippen LogP contribution in [0.3, 0.4) is 0 Å². The summed E-state index contributed by atoms with van der Waals surface area (Å²) in [5, 5.41) is 8.90. The molecule has 17 heavy (non-hydrogen) atoms. The Balaban J connectivity index is 2.79. The smallest absolute Gasteiger partial charge is 0.222 e. The number of pyridine rings is 1. The van der Waals surface area contributed by atoms with Gasteiger partial charge in [0.05, 0.1) is 16.7 Å². The molecular weight excluding hydrogens is 215 g/mol. The zero-order valence-electron chi connectivity index (χ0n) is 8.81. The Morgan fingerprint density at radius 1 is 1.24 bits per heavy atom. The number of hydrogen-bond donors (Lipinski definition) is 0. The summed E-state index contributed by atoms with van der Waals surface area (Å²) in [5.41, 5.74) is 1.26. The quantitative estimate of drug-likeness (QED) is 0.549. The van der Waals surface area contributed by atoms with Gasteiger partial charge in [-0.2, -0.15) is 9.65 Å². The van der Waals surface area contributed by atoms with E-state index in [4.69, 9.17) is 11.7 Å². The van der Waals surface area contributed by atoms with Crippen LogP contribution in [0.15, 0.2) is 36.5 Å². The minimum atomic E-state index is -0.664. The lowest BCUT2D eigenvalue weighted by Gasteiger charge is -2.06. The molecule has 3 heteroatoms. The van der Waals surface area contributed by atoms with E-state index in [1.165, 1.54) is 0 Å². The third kappa shape index (κ3) is 1.87. The number of nitriles is 1. The molecule has 0 radical (unpaired) electrons. The predicted molar refractivity (Wildman–Crippen MR) is 62.3 cm³/mol. The van der Waals surface area contributed by atoms with Crippen LogP contribution >= 0.6 is 0 Å². The van der Waals surface area contributed by atoms with E-state index < -0.39 is 5.95 Å². The predicted octanol–water partition coefficient (Wildman–Crippen LogP) is 2.74. The van der Waals surface area contributed by atoms with E-state index in [2.05, 4.69) is 10.9 Å². The van der Waals surface area contributed by atoms with Gasteiger partial charge < -0.3 is 0 Å². The number of benzene rings is 1. The molecule has 80 valence electrons. The fourth-order valence-corrected chi connectivity index (χ4v) is 1.59. The van der Waals surface area contributed by atoms with Crippen molar-refractivity contribution in [3.8, 4) is 29.5 Å². The van der Waals surface area contributed by atoms with Gasteiger partial charge in [0, 0.05) is 6.20 Å². The number of aromatic nitrogens is 1. The first-order chi connectivity index (χ1) is 8.27. The molecule has 0 saturated carbocycles. The van der Waals surface area contributed by atoms with Gasteiger partial charge in [-0.25, -0.2) is 4.98 Å². The fourth-order valence-electron chi connectivity index (χ4n) is 1.59. The molecule has 1 aromatic carbocycles. The molecule has 2 rings (SSSR count). The molecule has 0 amide bonds. The largest absolute Gasteiger partial charge is 0.226 e. The Morgan fingerprint density at radius 3 is 2.53 bits per heavy atom. The summed E-state index contributed by atoms with van der Waals surface area (Å²) in [6, 6.07) is 10.7. The molecule has 1 aromatic heterocycles. The molecule has 0 saturated heterocycles.